The van der Waals surface area contributed by atoms with Gasteiger partial charge in [0.15, 0.2) is 5.78 Å². The third kappa shape index (κ3) is 1.20. The second kappa shape index (κ2) is 2.65. The molecule has 0 saturated carbocycles. The van der Waals surface area contributed by atoms with Crippen molar-refractivity contribution in [3.05, 3.63) is 29.7 Å². The molecule has 0 unspecified atom stereocenters. The molecule has 0 aliphatic carbocycles. The number of ketones is 1. The van der Waals surface area contributed by atoms with E-state index in [1.165, 1.54) is 19.2 Å². The summed E-state index contributed by atoms with van der Waals surface area (Å²) < 4.78 is 13.2. The first-order valence-electron chi connectivity index (χ1n) is 3.82. The van der Waals surface area contributed by atoms with Crippen molar-refractivity contribution < 1.29 is 9.18 Å². The van der Waals surface area contributed by atoms with E-state index < -0.39 is 5.82 Å². The number of nitrogens with zero attached hydrogens (tertiary/aromatic N) is 1. The van der Waals surface area contributed by atoms with Crippen molar-refractivity contribution in [1.29, 1.82) is 0 Å². The predicted molar refractivity (Wildman–Crippen MR) is 46.1 cm³/mol. The Bertz CT molecular complexity index is 475. The molecule has 0 amide bonds. The predicted octanol–water partition coefficient (Wildman–Crippen LogP) is 1.90. The van der Waals surface area contributed by atoms with Crippen molar-refractivity contribution >= 4 is 16.7 Å². The molecule has 3 nitrogen and oxygen atoms in total. The Morgan fingerprint density at radius 2 is 2.31 bits per heavy atom. The number of halogens is 1. The minimum Gasteiger partial charge on any atom is -0.295 e. The number of carbonyl (C=O) groups is 1. The lowest BCUT2D eigenvalue weighted by atomic mass is 10.1. The van der Waals surface area contributed by atoms with E-state index in [4.69, 9.17) is 0 Å². The smallest absolute Gasteiger partial charge is 0.159 e. The molecular formula is C9H7FN2O. The van der Waals surface area contributed by atoms with Crippen LogP contribution >= 0.6 is 0 Å². The first kappa shape index (κ1) is 7.91. The molecule has 13 heavy (non-hydrogen) atoms. The van der Waals surface area contributed by atoms with Crippen molar-refractivity contribution in [3.63, 3.8) is 0 Å². The normalized spacial score (nSPS) is 10.6. The SMILES string of the molecule is CC(=O)c1cc(F)c2[nH]ncc2c1. The topological polar surface area (TPSA) is 45.8 Å². The van der Waals surface area contributed by atoms with Gasteiger partial charge in [-0.1, -0.05) is 0 Å². The van der Waals surface area contributed by atoms with Crippen LogP contribution in [0.1, 0.15) is 17.3 Å². The molecule has 1 aromatic heterocycles. The van der Waals surface area contributed by atoms with Gasteiger partial charge in [-0.3, -0.25) is 9.89 Å². The summed E-state index contributed by atoms with van der Waals surface area (Å²) in [5, 5.41) is 6.82. The summed E-state index contributed by atoms with van der Waals surface area (Å²) in [5.74, 6) is -0.595. The van der Waals surface area contributed by atoms with Gasteiger partial charge in [0.05, 0.1) is 6.20 Å². The number of H-pyrrole nitrogens is 1. The highest BCUT2D eigenvalue weighted by Crippen LogP contribution is 2.17. The Morgan fingerprint density at radius 1 is 1.54 bits per heavy atom. The molecule has 1 heterocycles. The lowest BCUT2D eigenvalue weighted by Gasteiger charge is -1.96. The number of aromatic amines is 1. The summed E-state index contributed by atoms with van der Waals surface area (Å²) in [7, 11) is 0. The standard InChI is InChI=1S/C9H7FN2O/c1-5(13)6-2-7-4-11-12-9(7)8(10)3-6/h2-4H,1H3,(H,11,12). The highest BCUT2D eigenvalue weighted by molar-refractivity contribution is 5.97. The summed E-state index contributed by atoms with van der Waals surface area (Å²) in [6, 6.07) is 2.83. The average molecular weight is 178 g/mol. The Kier molecular flexibility index (Phi) is 1.62. The molecule has 0 atom stereocenters. The first-order chi connectivity index (χ1) is 6.18. The Balaban J connectivity index is 2.77. The molecule has 66 valence electrons. The van der Waals surface area contributed by atoms with Gasteiger partial charge in [0, 0.05) is 10.9 Å². The van der Waals surface area contributed by atoms with Gasteiger partial charge in [-0.05, 0) is 19.1 Å². The number of Topliss-reactive ketones (excluding diaryl/α,β-unsaturated/α-hetero) is 1. The van der Waals surface area contributed by atoms with Gasteiger partial charge in [0.1, 0.15) is 11.3 Å². The van der Waals surface area contributed by atoms with E-state index in [2.05, 4.69) is 10.2 Å². The number of hydrogen-bond acceptors (Lipinski definition) is 2. The molecule has 4 heteroatoms. The number of aromatic nitrogens is 2. The zero-order chi connectivity index (χ0) is 9.42. The number of benzene rings is 1. The van der Waals surface area contributed by atoms with Crippen LogP contribution in [0.4, 0.5) is 4.39 Å². The quantitative estimate of drug-likeness (QED) is 0.678. The number of nitrogens with one attached hydrogen (secondary N) is 1. The molecule has 0 saturated heterocycles. The summed E-state index contributed by atoms with van der Waals surface area (Å²) in [6.07, 6.45) is 1.49. The lowest BCUT2D eigenvalue weighted by Crippen LogP contribution is -1.93. The van der Waals surface area contributed by atoms with Crippen LogP contribution in [-0.2, 0) is 0 Å². The zero-order valence-corrected chi connectivity index (χ0v) is 6.97. The number of rotatable bonds is 1. The van der Waals surface area contributed by atoms with Crippen LogP contribution in [0.3, 0.4) is 0 Å². The van der Waals surface area contributed by atoms with E-state index in [9.17, 15) is 9.18 Å². The Hall–Kier alpha value is -1.71. The number of carbonyl (C=O) groups excluding carboxylic acids is 1. The summed E-state index contributed by atoms with van der Waals surface area (Å²) in [6.45, 7) is 1.40. The largest absolute Gasteiger partial charge is 0.295 e. The summed E-state index contributed by atoms with van der Waals surface area (Å²) in [5.41, 5.74) is 0.705. The van der Waals surface area contributed by atoms with E-state index >= 15 is 0 Å². The average Bonchev–Trinajstić information content (AvgIpc) is 2.51. The van der Waals surface area contributed by atoms with Gasteiger partial charge in [-0.25, -0.2) is 4.39 Å². The van der Waals surface area contributed by atoms with Gasteiger partial charge >= 0.3 is 0 Å². The Morgan fingerprint density at radius 3 is 3.00 bits per heavy atom. The molecule has 1 N–H and O–H groups in total. The molecule has 1 aromatic carbocycles. The summed E-state index contributed by atoms with van der Waals surface area (Å²) >= 11 is 0. The second-order valence-corrected chi connectivity index (χ2v) is 2.85. The summed E-state index contributed by atoms with van der Waals surface area (Å²) in [4.78, 5) is 11.0. The molecule has 0 aliphatic heterocycles. The van der Waals surface area contributed by atoms with Crippen LogP contribution < -0.4 is 0 Å². The van der Waals surface area contributed by atoms with Crippen molar-refractivity contribution in [2.24, 2.45) is 0 Å². The molecular weight excluding hydrogens is 171 g/mol. The lowest BCUT2D eigenvalue weighted by molar-refractivity contribution is 0.101. The highest BCUT2D eigenvalue weighted by atomic mass is 19.1. The monoisotopic (exact) mass is 178 g/mol. The fourth-order valence-corrected chi connectivity index (χ4v) is 1.22. The van der Waals surface area contributed by atoms with Crippen molar-refractivity contribution in [2.75, 3.05) is 0 Å². The minimum absolute atomic E-state index is 0.151. The molecule has 0 radical (unpaired) electrons. The van der Waals surface area contributed by atoms with E-state index in [0.717, 1.165) is 0 Å². The molecule has 0 spiro atoms. The van der Waals surface area contributed by atoms with Gasteiger partial charge in [-0.15, -0.1) is 0 Å². The number of fused-ring (bicyclic) bond motifs is 1. The van der Waals surface area contributed by atoms with E-state index in [-0.39, 0.29) is 5.78 Å². The Labute approximate surface area is 73.6 Å². The third-order valence-electron chi connectivity index (χ3n) is 1.91. The first-order valence-corrected chi connectivity index (χ1v) is 3.82. The maximum absolute atomic E-state index is 13.2. The fourth-order valence-electron chi connectivity index (χ4n) is 1.22. The van der Waals surface area contributed by atoms with Crippen molar-refractivity contribution in [3.8, 4) is 0 Å². The van der Waals surface area contributed by atoms with Crippen molar-refractivity contribution in [1.82, 2.24) is 10.2 Å². The van der Waals surface area contributed by atoms with Crippen LogP contribution in [0, 0.1) is 5.82 Å². The van der Waals surface area contributed by atoms with E-state index in [0.29, 0.717) is 16.5 Å². The van der Waals surface area contributed by atoms with Crippen LogP contribution in [0.5, 0.6) is 0 Å². The highest BCUT2D eigenvalue weighted by Gasteiger charge is 2.07. The molecule has 2 aromatic rings. The van der Waals surface area contributed by atoms with Crippen LogP contribution in [-0.4, -0.2) is 16.0 Å². The molecule has 2 rings (SSSR count). The van der Waals surface area contributed by atoms with Crippen LogP contribution in [0.25, 0.3) is 10.9 Å². The minimum atomic E-state index is -0.444. The third-order valence-corrected chi connectivity index (χ3v) is 1.91. The maximum Gasteiger partial charge on any atom is 0.159 e. The molecule has 0 fully saturated rings. The van der Waals surface area contributed by atoms with Crippen LogP contribution in [0.2, 0.25) is 0 Å². The van der Waals surface area contributed by atoms with Crippen LogP contribution in [0.15, 0.2) is 18.3 Å². The van der Waals surface area contributed by atoms with Gasteiger partial charge in [-0.2, -0.15) is 5.10 Å². The van der Waals surface area contributed by atoms with Gasteiger partial charge in [0.2, 0.25) is 0 Å². The molecule has 0 aliphatic rings. The van der Waals surface area contributed by atoms with E-state index in [1.807, 2.05) is 0 Å². The van der Waals surface area contributed by atoms with Gasteiger partial charge < -0.3 is 0 Å². The maximum atomic E-state index is 13.2. The van der Waals surface area contributed by atoms with Gasteiger partial charge in [0.25, 0.3) is 0 Å². The molecule has 0 bridgehead atoms. The van der Waals surface area contributed by atoms with E-state index in [1.54, 1.807) is 6.07 Å². The number of hydrogen-bond donors (Lipinski definition) is 1. The second-order valence-electron chi connectivity index (χ2n) is 2.85. The zero-order valence-electron chi connectivity index (χ0n) is 6.97. The fraction of sp³-hybridized carbons (Fsp3) is 0.111. The van der Waals surface area contributed by atoms with Crippen molar-refractivity contribution in [2.45, 2.75) is 6.92 Å².